The monoisotopic (exact) mass is 313 g/mol. The summed E-state index contributed by atoms with van der Waals surface area (Å²) in [6, 6.07) is 9.96. The predicted octanol–water partition coefficient (Wildman–Crippen LogP) is 3.90. The largest absolute Gasteiger partial charge is 0.416 e. The Labute approximate surface area is 123 Å². The number of anilines is 1. The lowest BCUT2D eigenvalue weighted by Crippen LogP contribution is -2.06. The van der Waals surface area contributed by atoms with Crippen molar-refractivity contribution < 1.29 is 17.4 Å². The number of aryl methyl sites for hydroxylation is 1. The SMILES string of the molecule is Cc1ccc(S(=O)Cc2cccc(C(F)(F)F)c2)c(N)c1. The van der Waals surface area contributed by atoms with Crippen LogP contribution in [0.15, 0.2) is 47.4 Å². The van der Waals surface area contributed by atoms with Crippen LogP contribution in [0.1, 0.15) is 16.7 Å². The molecule has 21 heavy (non-hydrogen) atoms. The van der Waals surface area contributed by atoms with Gasteiger partial charge in [-0.25, -0.2) is 0 Å². The minimum Gasteiger partial charge on any atom is -0.398 e. The first kappa shape index (κ1) is 15.6. The molecule has 0 aliphatic rings. The number of alkyl halides is 3. The van der Waals surface area contributed by atoms with Crippen LogP contribution in [0.25, 0.3) is 0 Å². The highest BCUT2D eigenvalue weighted by atomic mass is 32.2. The van der Waals surface area contributed by atoms with Crippen LogP contribution in [-0.4, -0.2) is 4.21 Å². The van der Waals surface area contributed by atoms with Gasteiger partial charge in [-0.05, 0) is 36.2 Å². The third-order valence-corrected chi connectivity index (χ3v) is 4.42. The first-order chi connectivity index (χ1) is 9.77. The third-order valence-electron chi connectivity index (χ3n) is 2.96. The van der Waals surface area contributed by atoms with Crippen molar-refractivity contribution in [2.24, 2.45) is 0 Å². The molecule has 2 aromatic carbocycles. The zero-order valence-electron chi connectivity index (χ0n) is 11.3. The number of halogens is 3. The number of nitrogen functional groups attached to an aromatic ring is 1. The Hall–Kier alpha value is -1.82. The highest BCUT2D eigenvalue weighted by Gasteiger charge is 2.30. The minimum atomic E-state index is -4.40. The Morgan fingerprint density at radius 2 is 1.86 bits per heavy atom. The van der Waals surface area contributed by atoms with Gasteiger partial charge in [-0.3, -0.25) is 4.21 Å². The van der Waals surface area contributed by atoms with Gasteiger partial charge < -0.3 is 5.73 Å². The van der Waals surface area contributed by atoms with Crippen LogP contribution in [0.3, 0.4) is 0 Å². The molecular weight excluding hydrogens is 299 g/mol. The number of benzene rings is 2. The van der Waals surface area contributed by atoms with Gasteiger partial charge in [-0.1, -0.05) is 24.3 Å². The fraction of sp³-hybridized carbons (Fsp3) is 0.200. The van der Waals surface area contributed by atoms with Crippen LogP contribution in [0.2, 0.25) is 0 Å². The molecule has 0 aliphatic heterocycles. The molecule has 1 unspecified atom stereocenters. The highest BCUT2D eigenvalue weighted by Crippen LogP contribution is 2.30. The normalized spacial score (nSPS) is 13.1. The average molecular weight is 313 g/mol. The summed E-state index contributed by atoms with van der Waals surface area (Å²) in [5.41, 5.74) is 6.75. The molecule has 0 saturated heterocycles. The standard InChI is InChI=1S/C15H14F3NOS/c1-10-5-6-14(13(19)7-10)21(20)9-11-3-2-4-12(8-11)15(16,17)18/h2-8H,9,19H2,1H3. The molecule has 112 valence electrons. The fourth-order valence-corrected chi connectivity index (χ4v) is 3.12. The van der Waals surface area contributed by atoms with Gasteiger partial charge in [0.05, 0.1) is 27.0 Å². The quantitative estimate of drug-likeness (QED) is 0.873. The molecule has 0 radical (unpaired) electrons. The van der Waals surface area contributed by atoms with E-state index in [1.165, 1.54) is 12.1 Å². The van der Waals surface area contributed by atoms with Crippen LogP contribution in [0.5, 0.6) is 0 Å². The first-order valence-corrected chi connectivity index (χ1v) is 7.50. The second-order valence-corrected chi connectivity index (χ2v) is 6.15. The number of rotatable bonds is 3. The second kappa shape index (κ2) is 5.89. The maximum atomic E-state index is 12.6. The molecule has 0 aromatic heterocycles. The van der Waals surface area contributed by atoms with E-state index in [0.717, 1.165) is 17.7 Å². The molecule has 2 nitrogen and oxygen atoms in total. The maximum absolute atomic E-state index is 12.6. The molecule has 0 bridgehead atoms. The fourth-order valence-electron chi connectivity index (χ4n) is 1.94. The summed E-state index contributed by atoms with van der Waals surface area (Å²) in [7, 11) is -1.48. The van der Waals surface area contributed by atoms with Crippen molar-refractivity contribution in [3.8, 4) is 0 Å². The van der Waals surface area contributed by atoms with E-state index in [0.29, 0.717) is 16.1 Å². The molecule has 0 spiro atoms. The van der Waals surface area contributed by atoms with Crippen molar-refractivity contribution in [2.45, 2.75) is 23.7 Å². The molecule has 0 saturated carbocycles. The zero-order valence-corrected chi connectivity index (χ0v) is 12.1. The van der Waals surface area contributed by atoms with E-state index in [1.807, 2.05) is 6.92 Å². The van der Waals surface area contributed by atoms with Gasteiger partial charge in [-0.2, -0.15) is 13.2 Å². The second-order valence-electron chi connectivity index (χ2n) is 4.73. The minimum absolute atomic E-state index is 0.00280. The van der Waals surface area contributed by atoms with Crippen LogP contribution in [0, 0.1) is 6.92 Å². The van der Waals surface area contributed by atoms with Crippen molar-refractivity contribution in [3.05, 3.63) is 59.2 Å². The van der Waals surface area contributed by atoms with E-state index in [1.54, 1.807) is 18.2 Å². The van der Waals surface area contributed by atoms with Crippen LogP contribution in [0.4, 0.5) is 18.9 Å². The van der Waals surface area contributed by atoms with Gasteiger partial charge in [0.2, 0.25) is 0 Å². The Kier molecular flexibility index (Phi) is 4.37. The maximum Gasteiger partial charge on any atom is 0.416 e. The molecular formula is C15H14F3NOS. The van der Waals surface area contributed by atoms with Crippen molar-refractivity contribution in [1.82, 2.24) is 0 Å². The number of hydrogen-bond donors (Lipinski definition) is 1. The molecule has 2 rings (SSSR count). The van der Waals surface area contributed by atoms with Crippen LogP contribution < -0.4 is 5.73 Å². The van der Waals surface area contributed by atoms with E-state index in [9.17, 15) is 17.4 Å². The van der Waals surface area contributed by atoms with E-state index >= 15 is 0 Å². The lowest BCUT2D eigenvalue weighted by atomic mass is 10.1. The lowest BCUT2D eigenvalue weighted by Gasteiger charge is -2.10. The first-order valence-electron chi connectivity index (χ1n) is 6.18. The lowest BCUT2D eigenvalue weighted by molar-refractivity contribution is -0.137. The molecule has 0 fully saturated rings. The Balaban J connectivity index is 2.24. The van der Waals surface area contributed by atoms with E-state index in [2.05, 4.69) is 0 Å². The van der Waals surface area contributed by atoms with Gasteiger partial charge in [-0.15, -0.1) is 0 Å². The summed E-state index contributed by atoms with van der Waals surface area (Å²) >= 11 is 0. The summed E-state index contributed by atoms with van der Waals surface area (Å²) < 4.78 is 50.2. The van der Waals surface area contributed by atoms with Crippen molar-refractivity contribution in [1.29, 1.82) is 0 Å². The molecule has 1 atom stereocenters. The Morgan fingerprint density at radius 1 is 1.14 bits per heavy atom. The topological polar surface area (TPSA) is 43.1 Å². The Bertz CT molecular complexity index is 683. The van der Waals surface area contributed by atoms with Gasteiger partial charge in [0.15, 0.2) is 0 Å². The van der Waals surface area contributed by atoms with Gasteiger partial charge in [0, 0.05) is 5.69 Å². The summed E-state index contributed by atoms with van der Waals surface area (Å²) in [5.74, 6) is -0.00280. The van der Waals surface area contributed by atoms with E-state index in [-0.39, 0.29) is 5.75 Å². The summed E-state index contributed by atoms with van der Waals surface area (Å²) in [4.78, 5) is 0.443. The molecule has 0 amide bonds. The predicted molar refractivity (Wildman–Crippen MR) is 77.1 cm³/mol. The Morgan fingerprint density at radius 3 is 2.48 bits per heavy atom. The molecule has 0 heterocycles. The molecule has 6 heteroatoms. The molecule has 2 aromatic rings. The highest BCUT2D eigenvalue weighted by molar-refractivity contribution is 7.84. The smallest absolute Gasteiger partial charge is 0.398 e. The average Bonchev–Trinajstić information content (AvgIpc) is 2.37. The van der Waals surface area contributed by atoms with Gasteiger partial charge in [0.1, 0.15) is 0 Å². The summed E-state index contributed by atoms with van der Waals surface area (Å²) in [6.45, 7) is 1.86. The molecule has 0 aliphatic carbocycles. The van der Waals surface area contributed by atoms with Crippen molar-refractivity contribution in [2.75, 3.05) is 5.73 Å². The van der Waals surface area contributed by atoms with Gasteiger partial charge >= 0.3 is 6.18 Å². The van der Waals surface area contributed by atoms with Crippen LogP contribution in [-0.2, 0) is 22.7 Å². The third kappa shape index (κ3) is 3.85. The van der Waals surface area contributed by atoms with E-state index < -0.39 is 22.5 Å². The summed E-state index contributed by atoms with van der Waals surface area (Å²) in [5, 5.41) is 0. The van der Waals surface area contributed by atoms with Crippen LogP contribution >= 0.6 is 0 Å². The van der Waals surface area contributed by atoms with Crippen molar-refractivity contribution in [3.63, 3.8) is 0 Å². The van der Waals surface area contributed by atoms with E-state index in [4.69, 9.17) is 5.73 Å². The summed E-state index contributed by atoms with van der Waals surface area (Å²) in [6.07, 6.45) is -4.40. The zero-order chi connectivity index (χ0) is 15.6. The van der Waals surface area contributed by atoms with Crippen molar-refractivity contribution >= 4 is 16.5 Å². The number of nitrogens with two attached hydrogens (primary N) is 1. The molecule has 2 N–H and O–H groups in total. The van der Waals surface area contributed by atoms with Gasteiger partial charge in [0.25, 0.3) is 0 Å². The number of hydrogen-bond acceptors (Lipinski definition) is 2.